The third-order valence-electron chi connectivity index (χ3n) is 2.92. The Bertz CT molecular complexity index is 419. The van der Waals surface area contributed by atoms with Gasteiger partial charge < -0.3 is 20.1 Å². The van der Waals surface area contributed by atoms with Crippen molar-refractivity contribution >= 4 is 11.9 Å². The predicted octanol–water partition coefficient (Wildman–Crippen LogP) is 0.662. The molecule has 1 fully saturated rings. The molecule has 7 nitrogen and oxygen atoms in total. The van der Waals surface area contributed by atoms with Crippen molar-refractivity contribution in [1.82, 2.24) is 15.0 Å². The number of aromatic nitrogens is 3. The summed E-state index contributed by atoms with van der Waals surface area (Å²) in [5.74, 6) is 1.09. The van der Waals surface area contributed by atoms with Crippen LogP contribution in [-0.2, 0) is 0 Å². The molecule has 0 aliphatic carbocycles. The molecule has 0 atom stereocenters. The van der Waals surface area contributed by atoms with E-state index < -0.39 is 0 Å². The number of aliphatic hydroxyl groups is 1. The van der Waals surface area contributed by atoms with Crippen LogP contribution in [0.4, 0.5) is 11.9 Å². The minimum atomic E-state index is -0.215. The van der Waals surface area contributed by atoms with Crippen LogP contribution in [0.5, 0.6) is 6.01 Å². The van der Waals surface area contributed by atoms with Gasteiger partial charge in [-0.2, -0.15) is 15.0 Å². The van der Waals surface area contributed by atoms with Gasteiger partial charge in [-0.25, -0.2) is 0 Å². The zero-order valence-electron chi connectivity index (χ0n) is 11.6. The molecule has 0 saturated carbocycles. The van der Waals surface area contributed by atoms with Crippen molar-refractivity contribution in [1.29, 1.82) is 0 Å². The Morgan fingerprint density at radius 3 is 2.53 bits per heavy atom. The molecule has 2 heterocycles. The van der Waals surface area contributed by atoms with E-state index in [0.29, 0.717) is 17.9 Å². The summed E-state index contributed by atoms with van der Waals surface area (Å²) >= 11 is 0. The summed E-state index contributed by atoms with van der Waals surface area (Å²) < 4.78 is 5.53. The molecular formula is C12H21N5O2. The highest BCUT2D eigenvalue weighted by Crippen LogP contribution is 2.19. The number of piperidine rings is 1. The summed E-state index contributed by atoms with van der Waals surface area (Å²) in [6, 6.07) is 0.329. The van der Waals surface area contributed by atoms with Gasteiger partial charge in [-0.05, 0) is 26.7 Å². The fourth-order valence-corrected chi connectivity index (χ4v) is 1.93. The van der Waals surface area contributed by atoms with Crippen LogP contribution in [0.3, 0.4) is 0 Å². The second-order valence-electron chi connectivity index (χ2n) is 4.88. The van der Waals surface area contributed by atoms with E-state index in [2.05, 4.69) is 20.3 Å². The monoisotopic (exact) mass is 267 g/mol. The van der Waals surface area contributed by atoms with Crippen LogP contribution in [0.25, 0.3) is 0 Å². The first-order valence-corrected chi connectivity index (χ1v) is 6.62. The molecule has 2 rings (SSSR count). The van der Waals surface area contributed by atoms with E-state index >= 15 is 0 Å². The van der Waals surface area contributed by atoms with Gasteiger partial charge >= 0.3 is 6.01 Å². The van der Waals surface area contributed by atoms with Gasteiger partial charge in [0, 0.05) is 20.1 Å². The molecule has 0 spiro atoms. The predicted molar refractivity (Wildman–Crippen MR) is 72.6 cm³/mol. The average molecular weight is 267 g/mol. The Balaban J connectivity index is 2.18. The van der Waals surface area contributed by atoms with E-state index in [0.717, 1.165) is 25.9 Å². The molecule has 0 radical (unpaired) electrons. The van der Waals surface area contributed by atoms with E-state index in [-0.39, 0.29) is 12.2 Å². The SMILES string of the molecule is CNc1nc(OC(C)C)nc(N2CCC(O)CC2)n1. The van der Waals surface area contributed by atoms with E-state index in [4.69, 9.17) is 4.74 Å². The molecule has 1 aromatic heterocycles. The highest BCUT2D eigenvalue weighted by Gasteiger charge is 2.20. The maximum absolute atomic E-state index is 9.53. The smallest absolute Gasteiger partial charge is 0.323 e. The lowest BCUT2D eigenvalue weighted by atomic mass is 10.1. The highest BCUT2D eigenvalue weighted by molar-refractivity contribution is 5.38. The van der Waals surface area contributed by atoms with Crippen LogP contribution >= 0.6 is 0 Å². The third-order valence-corrected chi connectivity index (χ3v) is 2.92. The standard InChI is InChI=1S/C12H21N5O2/c1-8(2)19-12-15-10(13-3)14-11(16-12)17-6-4-9(18)5-7-17/h8-9,18H,4-7H2,1-3H3,(H,13,14,15,16). The van der Waals surface area contributed by atoms with Gasteiger partial charge in [0.1, 0.15) is 0 Å². The van der Waals surface area contributed by atoms with Gasteiger partial charge in [-0.3, -0.25) is 0 Å². The molecule has 1 aliphatic rings. The number of anilines is 2. The first kappa shape index (κ1) is 13.8. The first-order valence-electron chi connectivity index (χ1n) is 6.62. The van der Waals surface area contributed by atoms with Crippen molar-refractivity contribution in [2.45, 2.75) is 38.9 Å². The normalized spacial score (nSPS) is 16.8. The number of hydrogen-bond acceptors (Lipinski definition) is 7. The maximum atomic E-state index is 9.53. The lowest BCUT2D eigenvalue weighted by Gasteiger charge is -2.29. The molecule has 0 aromatic carbocycles. The number of rotatable bonds is 4. The van der Waals surface area contributed by atoms with Crippen molar-refractivity contribution in [3.05, 3.63) is 0 Å². The Labute approximate surface area is 113 Å². The summed E-state index contributed by atoms with van der Waals surface area (Å²) in [4.78, 5) is 14.9. The Morgan fingerprint density at radius 1 is 1.26 bits per heavy atom. The average Bonchev–Trinajstić information content (AvgIpc) is 2.38. The molecule has 0 bridgehead atoms. The minimum absolute atomic E-state index is 0.0168. The van der Waals surface area contributed by atoms with Crippen molar-refractivity contribution in [2.75, 3.05) is 30.4 Å². The van der Waals surface area contributed by atoms with Crippen LogP contribution in [0.1, 0.15) is 26.7 Å². The molecule has 106 valence electrons. The van der Waals surface area contributed by atoms with Gasteiger partial charge in [0.2, 0.25) is 11.9 Å². The largest absolute Gasteiger partial charge is 0.461 e. The molecule has 1 saturated heterocycles. The van der Waals surface area contributed by atoms with E-state index in [1.54, 1.807) is 7.05 Å². The Morgan fingerprint density at radius 2 is 1.95 bits per heavy atom. The van der Waals surface area contributed by atoms with E-state index in [1.165, 1.54) is 0 Å². The van der Waals surface area contributed by atoms with Gasteiger partial charge in [0.25, 0.3) is 0 Å². The maximum Gasteiger partial charge on any atom is 0.323 e. The zero-order chi connectivity index (χ0) is 13.8. The highest BCUT2D eigenvalue weighted by atomic mass is 16.5. The Kier molecular flexibility index (Phi) is 4.36. The van der Waals surface area contributed by atoms with Gasteiger partial charge in [0.05, 0.1) is 12.2 Å². The number of aliphatic hydroxyl groups excluding tert-OH is 1. The number of nitrogens with zero attached hydrogens (tertiary/aromatic N) is 4. The molecule has 19 heavy (non-hydrogen) atoms. The number of hydrogen-bond donors (Lipinski definition) is 2. The van der Waals surface area contributed by atoms with Crippen molar-refractivity contribution in [3.63, 3.8) is 0 Å². The second-order valence-corrected chi connectivity index (χ2v) is 4.88. The number of nitrogens with one attached hydrogen (secondary N) is 1. The first-order chi connectivity index (χ1) is 9.08. The van der Waals surface area contributed by atoms with Gasteiger partial charge in [-0.1, -0.05) is 0 Å². The summed E-state index contributed by atoms with van der Waals surface area (Å²) in [5.41, 5.74) is 0. The second kappa shape index (κ2) is 6.01. The van der Waals surface area contributed by atoms with Crippen molar-refractivity contribution < 1.29 is 9.84 Å². The van der Waals surface area contributed by atoms with Crippen LogP contribution in [0.15, 0.2) is 0 Å². The topological polar surface area (TPSA) is 83.4 Å². The Hall–Kier alpha value is -1.63. The molecule has 7 heteroatoms. The zero-order valence-corrected chi connectivity index (χ0v) is 11.6. The molecule has 1 aromatic rings. The molecular weight excluding hydrogens is 246 g/mol. The summed E-state index contributed by atoms with van der Waals surface area (Å²) in [6.07, 6.45) is 1.28. The molecule has 0 unspecified atom stereocenters. The molecule has 0 amide bonds. The lowest BCUT2D eigenvalue weighted by molar-refractivity contribution is 0.145. The third kappa shape index (κ3) is 3.66. The van der Waals surface area contributed by atoms with Crippen LogP contribution in [0.2, 0.25) is 0 Å². The van der Waals surface area contributed by atoms with Crippen molar-refractivity contribution in [3.8, 4) is 6.01 Å². The van der Waals surface area contributed by atoms with E-state index in [1.807, 2.05) is 18.7 Å². The van der Waals surface area contributed by atoms with Crippen LogP contribution in [0, 0.1) is 0 Å². The lowest BCUT2D eigenvalue weighted by Crippen LogP contribution is -2.37. The minimum Gasteiger partial charge on any atom is -0.461 e. The van der Waals surface area contributed by atoms with Gasteiger partial charge in [0.15, 0.2) is 0 Å². The quantitative estimate of drug-likeness (QED) is 0.829. The summed E-state index contributed by atoms with van der Waals surface area (Å²) in [6.45, 7) is 5.35. The number of ether oxygens (including phenoxy) is 1. The molecule has 2 N–H and O–H groups in total. The fraction of sp³-hybridized carbons (Fsp3) is 0.750. The summed E-state index contributed by atoms with van der Waals surface area (Å²) in [5, 5.41) is 12.4. The van der Waals surface area contributed by atoms with Gasteiger partial charge in [-0.15, -0.1) is 0 Å². The van der Waals surface area contributed by atoms with E-state index in [9.17, 15) is 5.11 Å². The van der Waals surface area contributed by atoms with Crippen molar-refractivity contribution in [2.24, 2.45) is 0 Å². The van der Waals surface area contributed by atoms with Crippen LogP contribution in [-0.4, -0.2) is 52.4 Å². The van der Waals surface area contributed by atoms with Crippen LogP contribution < -0.4 is 15.0 Å². The fourth-order valence-electron chi connectivity index (χ4n) is 1.93. The summed E-state index contributed by atoms with van der Waals surface area (Å²) in [7, 11) is 1.76. The molecule has 1 aliphatic heterocycles.